The third kappa shape index (κ3) is 2.62. The SMILES string of the molecule is Cc1cc(C(=O)N2CCC(N3CCOC3=O)CC2)oc1C. The van der Waals surface area contributed by atoms with Crippen LogP contribution in [0, 0.1) is 13.8 Å². The lowest BCUT2D eigenvalue weighted by molar-refractivity contribution is 0.0626. The Kier molecular flexibility index (Phi) is 3.61. The number of piperidine rings is 1. The average Bonchev–Trinajstić information content (AvgIpc) is 3.05. The number of carbonyl (C=O) groups excluding carboxylic acids is 2. The van der Waals surface area contributed by atoms with Gasteiger partial charge in [0, 0.05) is 19.1 Å². The summed E-state index contributed by atoms with van der Waals surface area (Å²) in [6.45, 7) is 6.22. The molecule has 2 amide bonds. The summed E-state index contributed by atoms with van der Waals surface area (Å²) in [5.41, 5.74) is 0.994. The van der Waals surface area contributed by atoms with E-state index in [-0.39, 0.29) is 18.0 Å². The molecule has 0 aliphatic carbocycles. The molecular weight excluding hydrogens is 272 g/mol. The maximum absolute atomic E-state index is 12.4. The van der Waals surface area contributed by atoms with Crippen molar-refractivity contribution in [2.75, 3.05) is 26.2 Å². The summed E-state index contributed by atoms with van der Waals surface area (Å²) in [5.74, 6) is 1.13. The molecule has 6 heteroatoms. The Hall–Kier alpha value is -1.98. The average molecular weight is 292 g/mol. The van der Waals surface area contributed by atoms with Crippen molar-refractivity contribution < 1.29 is 18.7 Å². The van der Waals surface area contributed by atoms with Gasteiger partial charge in [0.1, 0.15) is 12.4 Å². The summed E-state index contributed by atoms with van der Waals surface area (Å²) in [5, 5.41) is 0. The molecule has 2 saturated heterocycles. The first-order valence-corrected chi connectivity index (χ1v) is 7.36. The number of hydrogen-bond donors (Lipinski definition) is 0. The third-order valence-corrected chi connectivity index (χ3v) is 4.36. The minimum atomic E-state index is -0.225. The van der Waals surface area contributed by atoms with Crippen LogP contribution in [0.4, 0.5) is 4.79 Å². The Balaban J connectivity index is 1.60. The Morgan fingerprint density at radius 3 is 2.48 bits per heavy atom. The van der Waals surface area contributed by atoms with Crippen LogP contribution in [0.2, 0.25) is 0 Å². The van der Waals surface area contributed by atoms with Gasteiger partial charge in [0.05, 0.1) is 6.54 Å². The highest BCUT2D eigenvalue weighted by Gasteiger charge is 2.33. The fourth-order valence-electron chi connectivity index (χ4n) is 2.95. The quantitative estimate of drug-likeness (QED) is 0.836. The second kappa shape index (κ2) is 5.42. The van der Waals surface area contributed by atoms with Gasteiger partial charge in [-0.2, -0.15) is 0 Å². The lowest BCUT2D eigenvalue weighted by Crippen LogP contribution is -2.47. The zero-order valence-electron chi connectivity index (χ0n) is 12.4. The molecule has 0 spiro atoms. The predicted octanol–water partition coefficient (Wildman–Crippen LogP) is 1.95. The largest absolute Gasteiger partial charge is 0.456 e. The smallest absolute Gasteiger partial charge is 0.410 e. The Labute approximate surface area is 123 Å². The van der Waals surface area contributed by atoms with E-state index in [4.69, 9.17) is 9.15 Å². The van der Waals surface area contributed by atoms with Crippen molar-refractivity contribution in [3.8, 4) is 0 Å². The lowest BCUT2D eigenvalue weighted by atomic mass is 10.0. The van der Waals surface area contributed by atoms with Crippen molar-refractivity contribution in [2.45, 2.75) is 32.7 Å². The van der Waals surface area contributed by atoms with E-state index in [0.717, 1.165) is 24.2 Å². The van der Waals surface area contributed by atoms with E-state index in [1.807, 2.05) is 13.8 Å². The van der Waals surface area contributed by atoms with E-state index in [1.54, 1.807) is 15.9 Å². The van der Waals surface area contributed by atoms with Crippen LogP contribution in [0.1, 0.15) is 34.7 Å². The van der Waals surface area contributed by atoms with E-state index in [1.165, 1.54) is 0 Å². The van der Waals surface area contributed by atoms with Crippen molar-refractivity contribution in [1.82, 2.24) is 9.80 Å². The van der Waals surface area contributed by atoms with Gasteiger partial charge >= 0.3 is 6.09 Å². The van der Waals surface area contributed by atoms with Gasteiger partial charge in [-0.25, -0.2) is 4.79 Å². The molecule has 0 bridgehead atoms. The zero-order valence-corrected chi connectivity index (χ0v) is 12.4. The molecule has 2 aliphatic rings. The molecule has 0 aromatic carbocycles. The monoisotopic (exact) mass is 292 g/mol. The second-order valence-electron chi connectivity index (χ2n) is 5.68. The van der Waals surface area contributed by atoms with Gasteiger partial charge in [-0.05, 0) is 38.3 Å². The lowest BCUT2D eigenvalue weighted by Gasteiger charge is -2.35. The van der Waals surface area contributed by atoms with Gasteiger partial charge in [-0.15, -0.1) is 0 Å². The van der Waals surface area contributed by atoms with E-state index >= 15 is 0 Å². The van der Waals surface area contributed by atoms with Crippen LogP contribution in [-0.4, -0.2) is 54.1 Å². The number of likely N-dealkylation sites (tertiary alicyclic amines) is 1. The van der Waals surface area contributed by atoms with Gasteiger partial charge < -0.3 is 19.0 Å². The topological polar surface area (TPSA) is 63.0 Å². The van der Waals surface area contributed by atoms with Gasteiger partial charge in [0.15, 0.2) is 5.76 Å². The third-order valence-electron chi connectivity index (χ3n) is 4.36. The van der Waals surface area contributed by atoms with Crippen LogP contribution in [0.15, 0.2) is 10.5 Å². The summed E-state index contributed by atoms with van der Waals surface area (Å²) in [6, 6.07) is 1.98. The second-order valence-corrected chi connectivity index (χ2v) is 5.68. The van der Waals surface area contributed by atoms with Crippen molar-refractivity contribution in [3.05, 3.63) is 23.2 Å². The van der Waals surface area contributed by atoms with E-state index in [2.05, 4.69) is 0 Å². The molecule has 6 nitrogen and oxygen atoms in total. The predicted molar refractivity (Wildman–Crippen MR) is 75.2 cm³/mol. The minimum absolute atomic E-state index is 0.0614. The Bertz CT molecular complexity index is 539. The number of hydrogen-bond acceptors (Lipinski definition) is 4. The maximum atomic E-state index is 12.4. The zero-order chi connectivity index (χ0) is 15.0. The number of cyclic esters (lactones) is 1. The highest BCUT2D eigenvalue weighted by molar-refractivity contribution is 5.91. The summed E-state index contributed by atoms with van der Waals surface area (Å²) < 4.78 is 10.5. The molecular formula is C15H20N2O4. The van der Waals surface area contributed by atoms with Gasteiger partial charge in [-0.3, -0.25) is 4.79 Å². The molecule has 0 saturated carbocycles. The number of rotatable bonds is 2. The summed E-state index contributed by atoms with van der Waals surface area (Å²) in [7, 11) is 0. The maximum Gasteiger partial charge on any atom is 0.410 e. The van der Waals surface area contributed by atoms with Crippen LogP contribution in [0.3, 0.4) is 0 Å². The molecule has 1 aromatic rings. The van der Waals surface area contributed by atoms with Crippen molar-refractivity contribution in [2.24, 2.45) is 0 Å². The molecule has 2 aliphatic heterocycles. The summed E-state index contributed by atoms with van der Waals surface area (Å²) in [6.07, 6.45) is 1.36. The van der Waals surface area contributed by atoms with Gasteiger partial charge in [0.25, 0.3) is 5.91 Å². The Morgan fingerprint density at radius 1 is 1.24 bits per heavy atom. The highest BCUT2D eigenvalue weighted by atomic mass is 16.6. The molecule has 1 aromatic heterocycles. The molecule has 2 fully saturated rings. The van der Waals surface area contributed by atoms with Gasteiger partial charge in [-0.1, -0.05) is 0 Å². The number of ether oxygens (including phenoxy) is 1. The van der Waals surface area contributed by atoms with E-state index in [0.29, 0.717) is 32.0 Å². The Morgan fingerprint density at radius 2 is 1.95 bits per heavy atom. The molecule has 0 N–H and O–H groups in total. The highest BCUT2D eigenvalue weighted by Crippen LogP contribution is 2.22. The first-order chi connectivity index (χ1) is 10.1. The van der Waals surface area contributed by atoms with Crippen LogP contribution < -0.4 is 0 Å². The van der Waals surface area contributed by atoms with Crippen molar-refractivity contribution in [3.63, 3.8) is 0 Å². The molecule has 3 rings (SSSR count). The van der Waals surface area contributed by atoms with Crippen molar-refractivity contribution >= 4 is 12.0 Å². The molecule has 3 heterocycles. The number of furan rings is 1. The molecule has 0 unspecified atom stereocenters. The first-order valence-electron chi connectivity index (χ1n) is 7.36. The van der Waals surface area contributed by atoms with Crippen LogP contribution in [0.25, 0.3) is 0 Å². The summed E-state index contributed by atoms with van der Waals surface area (Å²) >= 11 is 0. The number of nitrogens with zero attached hydrogens (tertiary/aromatic N) is 2. The number of carbonyl (C=O) groups is 2. The molecule has 114 valence electrons. The fourth-order valence-corrected chi connectivity index (χ4v) is 2.95. The molecule has 0 atom stereocenters. The van der Waals surface area contributed by atoms with Crippen LogP contribution in [0.5, 0.6) is 0 Å². The normalized spacial score (nSPS) is 20.0. The minimum Gasteiger partial charge on any atom is -0.456 e. The number of aryl methyl sites for hydroxylation is 2. The molecule has 0 radical (unpaired) electrons. The fraction of sp³-hybridized carbons (Fsp3) is 0.600. The summed E-state index contributed by atoms with van der Waals surface area (Å²) in [4.78, 5) is 27.5. The number of amides is 2. The standard InChI is InChI=1S/C15H20N2O4/c1-10-9-13(21-11(10)2)14(18)16-5-3-12(4-6-16)17-7-8-20-15(17)19/h9,12H,3-8H2,1-2H3. The van der Waals surface area contributed by atoms with Crippen LogP contribution in [-0.2, 0) is 4.74 Å². The van der Waals surface area contributed by atoms with Gasteiger partial charge in [0.2, 0.25) is 0 Å². The van der Waals surface area contributed by atoms with Crippen molar-refractivity contribution in [1.29, 1.82) is 0 Å². The van der Waals surface area contributed by atoms with Crippen LogP contribution >= 0.6 is 0 Å². The van der Waals surface area contributed by atoms with E-state index in [9.17, 15) is 9.59 Å². The molecule has 21 heavy (non-hydrogen) atoms. The first kappa shape index (κ1) is 14.0. The van der Waals surface area contributed by atoms with E-state index < -0.39 is 0 Å².